The highest BCUT2D eigenvalue weighted by molar-refractivity contribution is 6.13. The van der Waals surface area contributed by atoms with Crippen LogP contribution in [0.2, 0.25) is 0 Å². The van der Waals surface area contributed by atoms with Crippen molar-refractivity contribution < 1.29 is 34.0 Å². The number of aliphatic hydroxyl groups is 2. The van der Waals surface area contributed by atoms with E-state index in [-0.39, 0.29) is 36.7 Å². The lowest BCUT2D eigenvalue weighted by Gasteiger charge is -2.46. The van der Waals surface area contributed by atoms with Crippen LogP contribution in [-0.4, -0.2) is 78.5 Å². The molecule has 1 heterocycles. The van der Waals surface area contributed by atoms with Gasteiger partial charge < -0.3 is 29.3 Å². The zero-order chi connectivity index (χ0) is 40.9. The van der Waals surface area contributed by atoms with Crippen molar-refractivity contribution in [1.82, 2.24) is 4.90 Å². The van der Waals surface area contributed by atoms with Crippen molar-refractivity contribution in [2.45, 2.75) is 102 Å². The number of benzene rings is 4. The first-order valence-corrected chi connectivity index (χ1v) is 21.0. The standard InChI is InChI=1S/C50H59NO7/c1-34-12-10-25-49(2)44(24-26-50(49,55)33-51(32-39-15-11-27-58-39)47(53)31-36-20-23-45(56-3)46(30-36)57-4)41-22-19-35(28-38(52)21-18-34)29-43(41)48(54)42-17-9-8-16-40(42)37-13-6-5-7-14-37/h5-9,12-14,16-17,19-20,22-23,29-30,38-39,44,52,55H,10-11,15,18,21,24-28,31-33H2,1-4H3. The zero-order valence-corrected chi connectivity index (χ0v) is 34.5. The van der Waals surface area contributed by atoms with Crippen LogP contribution in [0.4, 0.5) is 0 Å². The molecule has 4 aromatic rings. The van der Waals surface area contributed by atoms with Crippen molar-refractivity contribution in [3.05, 3.63) is 130 Å². The van der Waals surface area contributed by atoms with Gasteiger partial charge in [-0.2, -0.15) is 0 Å². The number of carbonyl (C=O) groups is 2. The molecule has 8 heteroatoms. The van der Waals surface area contributed by atoms with Crippen LogP contribution in [0.15, 0.2) is 103 Å². The highest BCUT2D eigenvalue weighted by Gasteiger charge is 2.57. The number of hydrogen-bond donors (Lipinski definition) is 2. The van der Waals surface area contributed by atoms with Crippen LogP contribution in [0.25, 0.3) is 11.1 Å². The molecule has 0 radical (unpaired) electrons. The van der Waals surface area contributed by atoms with Gasteiger partial charge in [-0.05, 0) is 117 Å². The highest BCUT2D eigenvalue weighted by atomic mass is 16.5. The SMILES string of the molecule is COc1ccc(CC(=O)N(CC2CCCO2)CC2(O)CCC3c4ccc(cc4C(=O)c4ccccc4-c4ccccc4)CC(O)CCC(C)=CCCC32C)cc1OC. The largest absolute Gasteiger partial charge is 0.493 e. The Balaban J connectivity index is 1.29. The van der Waals surface area contributed by atoms with E-state index in [0.717, 1.165) is 53.5 Å². The molecule has 1 aliphatic heterocycles. The van der Waals surface area contributed by atoms with E-state index in [4.69, 9.17) is 14.2 Å². The first-order chi connectivity index (χ1) is 28.0. The number of hydrogen-bond acceptors (Lipinski definition) is 7. The van der Waals surface area contributed by atoms with Gasteiger partial charge in [0.2, 0.25) is 5.91 Å². The van der Waals surface area contributed by atoms with E-state index < -0.39 is 17.1 Å². The van der Waals surface area contributed by atoms with Crippen molar-refractivity contribution in [2.75, 3.05) is 33.9 Å². The molecule has 5 unspecified atom stereocenters. The molecule has 2 N–H and O–H groups in total. The number of rotatable bonds is 11. The van der Waals surface area contributed by atoms with Crippen LogP contribution in [0.1, 0.15) is 104 Å². The number of ketones is 1. The van der Waals surface area contributed by atoms with E-state index in [1.54, 1.807) is 14.2 Å². The average molecular weight is 786 g/mol. The van der Waals surface area contributed by atoms with Gasteiger partial charge in [0.1, 0.15) is 0 Å². The molecule has 3 aliphatic carbocycles. The molecule has 4 aromatic carbocycles. The lowest BCUT2D eigenvalue weighted by molar-refractivity contribution is -0.141. The Labute approximate surface area is 343 Å². The van der Waals surface area contributed by atoms with E-state index in [1.807, 2.05) is 83.8 Å². The number of fused-ring (bicyclic) bond motifs is 8. The van der Waals surface area contributed by atoms with Crippen LogP contribution in [0, 0.1) is 5.41 Å². The monoisotopic (exact) mass is 785 g/mol. The van der Waals surface area contributed by atoms with Gasteiger partial charge in [0.05, 0.1) is 45.0 Å². The molecular formula is C50H59NO7. The molecule has 2 fully saturated rings. The second kappa shape index (κ2) is 18.0. The lowest BCUT2D eigenvalue weighted by Crippen LogP contribution is -2.55. The van der Waals surface area contributed by atoms with Gasteiger partial charge in [-0.3, -0.25) is 9.59 Å². The quantitative estimate of drug-likeness (QED) is 0.116. The molecule has 58 heavy (non-hydrogen) atoms. The maximum atomic E-state index is 15.1. The Morgan fingerprint density at radius 2 is 1.66 bits per heavy atom. The summed E-state index contributed by atoms with van der Waals surface area (Å²) in [6, 6.07) is 29.4. The van der Waals surface area contributed by atoms with Gasteiger partial charge in [-0.25, -0.2) is 0 Å². The first kappa shape index (κ1) is 41.4. The van der Waals surface area contributed by atoms with Crippen molar-refractivity contribution in [2.24, 2.45) is 5.41 Å². The lowest BCUT2D eigenvalue weighted by atomic mass is 9.64. The molecule has 8 rings (SSSR count). The molecule has 0 aromatic heterocycles. The number of nitrogens with zero attached hydrogens (tertiary/aromatic N) is 1. The number of aliphatic hydroxyl groups excluding tert-OH is 1. The molecule has 4 aliphatic rings. The Morgan fingerprint density at radius 3 is 2.41 bits per heavy atom. The van der Waals surface area contributed by atoms with Crippen LogP contribution in [0.5, 0.6) is 11.5 Å². The Bertz CT molecular complexity index is 2110. The summed E-state index contributed by atoms with van der Waals surface area (Å²) in [7, 11) is 3.17. The van der Waals surface area contributed by atoms with Crippen molar-refractivity contribution >= 4 is 11.7 Å². The first-order valence-electron chi connectivity index (χ1n) is 21.0. The Morgan fingerprint density at radius 1 is 0.879 bits per heavy atom. The molecular weight excluding hydrogens is 727 g/mol. The van der Waals surface area contributed by atoms with Crippen molar-refractivity contribution in [3.63, 3.8) is 0 Å². The van der Waals surface area contributed by atoms with Crippen molar-refractivity contribution in [1.29, 1.82) is 0 Å². The summed E-state index contributed by atoms with van der Waals surface area (Å²) in [5.74, 6) is 0.815. The van der Waals surface area contributed by atoms with Gasteiger partial charge in [-0.15, -0.1) is 0 Å². The molecule has 1 saturated carbocycles. The summed E-state index contributed by atoms with van der Waals surface area (Å²) in [5.41, 5.74) is 4.91. The van der Waals surface area contributed by atoms with Crippen LogP contribution < -0.4 is 9.47 Å². The van der Waals surface area contributed by atoms with Gasteiger partial charge in [0.25, 0.3) is 0 Å². The van der Waals surface area contributed by atoms with Gasteiger partial charge >= 0.3 is 0 Å². The maximum Gasteiger partial charge on any atom is 0.227 e. The minimum absolute atomic E-state index is 0.0727. The fraction of sp³-hybridized carbons (Fsp3) is 0.440. The van der Waals surface area contributed by atoms with E-state index >= 15 is 4.79 Å². The smallest absolute Gasteiger partial charge is 0.227 e. The summed E-state index contributed by atoms with van der Waals surface area (Å²) in [5, 5.41) is 24.4. The maximum absolute atomic E-state index is 15.1. The highest BCUT2D eigenvalue weighted by Crippen LogP contribution is 2.59. The predicted molar refractivity (Wildman–Crippen MR) is 228 cm³/mol. The summed E-state index contributed by atoms with van der Waals surface area (Å²) in [6.07, 6.45) is 7.87. The second-order valence-electron chi connectivity index (χ2n) is 17.0. The van der Waals surface area contributed by atoms with E-state index in [0.29, 0.717) is 67.9 Å². The molecule has 5 atom stereocenters. The minimum Gasteiger partial charge on any atom is -0.493 e. The van der Waals surface area contributed by atoms with Gasteiger partial charge in [0, 0.05) is 29.7 Å². The van der Waals surface area contributed by atoms with Crippen LogP contribution >= 0.6 is 0 Å². The van der Waals surface area contributed by atoms with Crippen LogP contribution in [-0.2, 0) is 22.4 Å². The van der Waals surface area contributed by atoms with Gasteiger partial charge in [-0.1, -0.05) is 91.4 Å². The van der Waals surface area contributed by atoms with Crippen LogP contribution in [0.3, 0.4) is 0 Å². The van der Waals surface area contributed by atoms with E-state index in [2.05, 4.69) is 32.1 Å². The third-order valence-electron chi connectivity index (χ3n) is 13.2. The summed E-state index contributed by atoms with van der Waals surface area (Å²) in [6.45, 7) is 5.50. The van der Waals surface area contributed by atoms with Crippen molar-refractivity contribution in [3.8, 4) is 22.6 Å². The van der Waals surface area contributed by atoms with E-state index in [1.165, 1.54) is 5.57 Å². The number of carbonyl (C=O) groups excluding carboxylic acids is 2. The fourth-order valence-corrected chi connectivity index (χ4v) is 9.77. The summed E-state index contributed by atoms with van der Waals surface area (Å²) < 4.78 is 17.1. The molecule has 1 saturated heterocycles. The zero-order valence-electron chi connectivity index (χ0n) is 34.5. The third kappa shape index (κ3) is 8.80. The Kier molecular flexibility index (Phi) is 12.9. The number of methoxy groups -OCH3 is 2. The molecule has 8 nitrogen and oxygen atoms in total. The average Bonchev–Trinajstić information content (AvgIpc) is 3.84. The summed E-state index contributed by atoms with van der Waals surface area (Å²) >= 11 is 0. The topological polar surface area (TPSA) is 106 Å². The molecule has 2 bridgehead atoms. The Hall–Kier alpha value is -4.76. The van der Waals surface area contributed by atoms with E-state index in [9.17, 15) is 15.0 Å². The number of amides is 1. The molecule has 0 spiro atoms. The molecule has 1 amide bonds. The number of allylic oxidation sites excluding steroid dienone is 2. The second-order valence-corrected chi connectivity index (χ2v) is 17.0. The molecule has 306 valence electrons. The predicted octanol–water partition coefficient (Wildman–Crippen LogP) is 8.89. The number of ether oxygens (including phenoxy) is 3. The normalized spacial score (nSPS) is 24.7. The third-order valence-corrected chi connectivity index (χ3v) is 13.2. The summed E-state index contributed by atoms with van der Waals surface area (Å²) in [4.78, 5) is 31.4. The van der Waals surface area contributed by atoms with Gasteiger partial charge in [0.15, 0.2) is 17.3 Å². The minimum atomic E-state index is -1.26. The fourth-order valence-electron chi connectivity index (χ4n) is 9.77.